The van der Waals surface area contributed by atoms with E-state index in [1.807, 2.05) is 6.07 Å². The van der Waals surface area contributed by atoms with E-state index in [2.05, 4.69) is 239 Å². The van der Waals surface area contributed by atoms with Crippen molar-refractivity contribution in [1.82, 2.24) is 0 Å². The summed E-state index contributed by atoms with van der Waals surface area (Å²) in [7, 11) is 0. The zero-order valence-corrected chi connectivity index (χ0v) is 31.7. The molecule has 0 aliphatic carbocycles. The number of nitrogens with zero attached hydrogens (tertiary/aromatic N) is 3. The summed E-state index contributed by atoms with van der Waals surface area (Å²) in [4.78, 5) is 7.22. The van der Waals surface area contributed by atoms with E-state index in [0.717, 1.165) is 62.3 Å². The third-order valence-corrected chi connectivity index (χ3v) is 11.5. The molecule has 2 aliphatic rings. The highest BCUT2D eigenvalue weighted by Crippen LogP contribution is 2.46. The largest absolute Gasteiger partial charge is 0.311 e. The fraction of sp³-hybridized carbons (Fsp3) is 0. The predicted molar refractivity (Wildman–Crippen MR) is 244 cm³/mol. The van der Waals surface area contributed by atoms with E-state index in [9.17, 15) is 0 Å². The Labute approximate surface area is 340 Å². The smallest absolute Gasteiger partial charge is 0.252 e. The maximum atomic E-state index is 3.55. The molecular weight excluding hydrogens is 701 g/mol. The van der Waals surface area contributed by atoms with Crippen molar-refractivity contribution in [2.24, 2.45) is 0 Å². The van der Waals surface area contributed by atoms with Crippen LogP contribution >= 0.6 is 0 Å². The van der Waals surface area contributed by atoms with Crippen molar-refractivity contribution in [3.05, 3.63) is 231 Å². The Morgan fingerprint density at radius 1 is 0.379 bits per heavy atom. The van der Waals surface area contributed by atoms with E-state index in [0.29, 0.717) is 0 Å². The van der Waals surface area contributed by atoms with Gasteiger partial charge in [-0.15, -0.1) is 0 Å². The first-order valence-corrected chi connectivity index (χ1v) is 19.8. The number of hydrogen-bond acceptors (Lipinski definition) is 3. The molecular formula is C54H36BN3. The Balaban J connectivity index is 1.17. The van der Waals surface area contributed by atoms with Gasteiger partial charge < -0.3 is 14.7 Å². The van der Waals surface area contributed by atoms with Gasteiger partial charge in [-0.05, 0) is 124 Å². The number of fused-ring (bicyclic) bond motifs is 4. The molecule has 0 atom stereocenters. The normalized spacial score (nSPS) is 12.2. The lowest BCUT2D eigenvalue weighted by Crippen LogP contribution is -2.61. The minimum Gasteiger partial charge on any atom is -0.311 e. The van der Waals surface area contributed by atoms with Crippen LogP contribution in [0.1, 0.15) is 0 Å². The van der Waals surface area contributed by atoms with E-state index in [4.69, 9.17) is 0 Å². The topological polar surface area (TPSA) is 9.72 Å². The molecule has 0 saturated carbocycles. The Kier molecular flexibility index (Phi) is 8.16. The molecule has 2 heterocycles. The molecule has 2 aliphatic heterocycles. The second kappa shape index (κ2) is 14.1. The minimum absolute atomic E-state index is 0.0190. The molecule has 58 heavy (non-hydrogen) atoms. The number of para-hydroxylation sites is 3. The van der Waals surface area contributed by atoms with E-state index in [1.54, 1.807) is 0 Å². The highest BCUT2D eigenvalue weighted by atomic mass is 15.2. The van der Waals surface area contributed by atoms with Gasteiger partial charge in [0.2, 0.25) is 0 Å². The van der Waals surface area contributed by atoms with E-state index in [-0.39, 0.29) is 6.71 Å². The zero-order chi connectivity index (χ0) is 38.4. The molecule has 0 saturated heterocycles. The lowest BCUT2D eigenvalue weighted by Gasteiger charge is -2.44. The monoisotopic (exact) mass is 737 g/mol. The average molecular weight is 738 g/mol. The van der Waals surface area contributed by atoms with Crippen LogP contribution in [0.4, 0.5) is 51.2 Å². The maximum Gasteiger partial charge on any atom is 0.252 e. The molecule has 0 aromatic heterocycles. The predicted octanol–water partition coefficient (Wildman–Crippen LogP) is 12.2. The van der Waals surface area contributed by atoms with Crippen LogP contribution in [0.5, 0.6) is 0 Å². The molecule has 270 valence electrons. The molecule has 0 bridgehead atoms. The third-order valence-electron chi connectivity index (χ3n) is 11.5. The molecule has 9 aromatic rings. The molecule has 4 heteroatoms. The zero-order valence-electron chi connectivity index (χ0n) is 31.7. The summed E-state index contributed by atoms with van der Waals surface area (Å²) in [6.07, 6.45) is 0. The van der Waals surface area contributed by atoms with Crippen molar-refractivity contribution in [3.8, 4) is 22.3 Å². The van der Waals surface area contributed by atoms with Crippen molar-refractivity contribution in [2.45, 2.75) is 0 Å². The SMILES string of the molecule is c1cc(-c2ccccc2)cc(N2c3cc(-c4ccccc4)ccc3B3c4ccc(N(c5ccccc5)c5ccccc5)cc4N(c4ccccc4)c4cccc2c43)c#1. The molecule has 11 rings (SSSR count). The Morgan fingerprint density at radius 3 is 1.55 bits per heavy atom. The molecule has 0 radical (unpaired) electrons. The first kappa shape index (κ1) is 33.6. The van der Waals surface area contributed by atoms with Crippen LogP contribution in [0.2, 0.25) is 0 Å². The van der Waals surface area contributed by atoms with Gasteiger partial charge >= 0.3 is 0 Å². The highest BCUT2D eigenvalue weighted by Gasteiger charge is 2.43. The Morgan fingerprint density at radius 2 is 0.914 bits per heavy atom. The summed E-state index contributed by atoms with van der Waals surface area (Å²) in [6.45, 7) is -0.0190. The van der Waals surface area contributed by atoms with Gasteiger partial charge in [-0.3, -0.25) is 0 Å². The van der Waals surface area contributed by atoms with Crippen molar-refractivity contribution in [3.63, 3.8) is 0 Å². The Hall–Kier alpha value is -7.74. The van der Waals surface area contributed by atoms with Gasteiger partial charge in [0.25, 0.3) is 6.71 Å². The third kappa shape index (κ3) is 5.64. The van der Waals surface area contributed by atoms with Crippen molar-refractivity contribution < 1.29 is 0 Å². The molecule has 3 nitrogen and oxygen atoms in total. The van der Waals surface area contributed by atoms with Crippen LogP contribution in [0.25, 0.3) is 22.3 Å². The number of hydrogen-bond donors (Lipinski definition) is 0. The van der Waals surface area contributed by atoms with Crippen molar-refractivity contribution >= 4 is 74.3 Å². The quantitative estimate of drug-likeness (QED) is 0.151. The van der Waals surface area contributed by atoms with E-state index >= 15 is 0 Å². The van der Waals surface area contributed by atoms with Gasteiger partial charge in [-0.1, -0.05) is 146 Å². The van der Waals surface area contributed by atoms with Gasteiger partial charge in [0.05, 0.1) is 5.69 Å². The highest BCUT2D eigenvalue weighted by molar-refractivity contribution is 7.00. The van der Waals surface area contributed by atoms with Crippen LogP contribution in [0.15, 0.2) is 218 Å². The number of benzene rings is 8. The molecule has 0 N–H and O–H groups in total. The second-order valence-corrected chi connectivity index (χ2v) is 14.8. The van der Waals surface area contributed by atoms with Gasteiger partial charge in [0, 0.05) is 45.5 Å². The molecule has 0 unspecified atom stereocenters. The van der Waals surface area contributed by atoms with E-state index in [1.165, 1.54) is 27.5 Å². The van der Waals surface area contributed by atoms with Gasteiger partial charge in [-0.25, -0.2) is 0 Å². The number of rotatable bonds is 7. The average Bonchev–Trinajstić information content (AvgIpc) is 3.30. The summed E-state index contributed by atoms with van der Waals surface area (Å²) in [6, 6.07) is 85.4. The first-order valence-electron chi connectivity index (χ1n) is 19.8. The van der Waals surface area contributed by atoms with Crippen molar-refractivity contribution in [1.29, 1.82) is 0 Å². The van der Waals surface area contributed by atoms with Crippen LogP contribution < -0.4 is 31.1 Å². The van der Waals surface area contributed by atoms with E-state index < -0.39 is 0 Å². The van der Waals surface area contributed by atoms with Gasteiger partial charge in [0.15, 0.2) is 0 Å². The summed E-state index contributed by atoms with van der Waals surface area (Å²) >= 11 is 0. The lowest BCUT2D eigenvalue weighted by molar-refractivity contribution is 1.24. The van der Waals surface area contributed by atoms with Crippen LogP contribution in [-0.4, -0.2) is 6.71 Å². The summed E-state index contributed by atoms with van der Waals surface area (Å²) in [5.74, 6) is 0. The van der Waals surface area contributed by atoms with Gasteiger partial charge in [0.1, 0.15) is 0 Å². The molecule has 0 amide bonds. The standard InChI is InChI=1S/C54H36BN3/c1-6-18-39(19-7-1)41-22-16-29-46(36-41)58-51-31-17-30-50-54(51)55(48-34-32-42(37-52(48)58)40-20-8-2-9-21-40)49-35-33-47(38-53(49)57(50)45-27-14-5-15-28-45)56(43-23-10-3-11-24-43)44-25-12-4-13-26-44/h1-15,17-28,30-38H. The molecule has 9 aromatic carbocycles. The van der Waals surface area contributed by atoms with Crippen molar-refractivity contribution in [2.75, 3.05) is 14.7 Å². The minimum atomic E-state index is -0.0190. The summed E-state index contributed by atoms with van der Waals surface area (Å²) < 4.78 is 0. The molecule has 0 fully saturated rings. The van der Waals surface area contributed by atoms with Crippen LogP contribution in [-0.2, 0) is 0 Å². The summed E-state index contributed by atoms with van der Waals surface area (Å²) in [5.41, 5.74) is 18.4. The first-order chi connectivity index (χ1) is 28.8. The molecule has 0 spiro atoms. The summed E-state index contributed by atoms with van der Waals surface area (Å²) in [5, 5.41) is 0. The lowest BCUT2D eigenvalue weighted by atomic mass is 9.33. The number of anilines is 9. The van der Waals surface area contributed by atoms with Crippen LogP contribution in [0, 0.1) is 12.1 Å². The second-order valence-electron chi connectivity index (χ2n) is 14.8. The maximum absolute atomic E-state index is 3.55. The fourth-order valence-corrected chi connectivity index (χ4v) is 8.91. The fourth-order valence-electron chi connectivity index (χ4n) is 8.91. The van der Waals surface area contributed by atoms with Gasteiger partial charge in [-0.2, -0.15) is 0 Å². The van der Waals surface area contributed by atoms with Crippen LogP contribution in [0.3, 0.4) is 0 Å². The Bertz CT molecular complexity index is 2860.